The van der Waals surface area contributed by atoms with Crippen molar-refractivity contribution in [1.82, 2.24) is 9.97 Å². The fourth-order valence-corrected chi connectivity index (χ4v) is 2.55. The van der Waals surface area contributed by atoms with Gasteiger partial charge >= 0.3 is 0 Å². The number of fused-ring (bicyclic) bond motifs is 1. The van der Waals surface area contributed by atoms with Crippen LogP contribution in [0.1, 0.15) is 11.1 Å². The standard InChI is InChI=1S/C16H14BrN3/c1-11-5-7-12(8-6-11)9-18-16-13-3-2-4-14(17)15(13)19-10-20-16/h2-8,10H,9H2,1H3,(H,18,19,20). The minimum atomic E-state index is 0.749. The fourth-order valence-electron chi connectivity index (χ4n) is 2.08. The largest absolute Gasteiger partial charge is 0.365 e. The lowest BCUT2D eigenvalue weighted by Gasteiger charge is -2.09. The summed E-state index contributed by atoms with van der Waals surface area (Å²) < 4.78 is 0.982. The summed E-state index contributed by atoms with van der Waals surface area (Å²) in [5.74, 6) is 0.858. The van der Waals surface area contributed by atoms with Gasteiger partial charge in [0.1, 0.15) is 12.1 Å². The second kappa shape index (κ2) is 5.59. The molecule has 0 unspecified atom stereocenters. The van der Waals surface area contributed by atoms with Crippen molar-refractivity contribution in [1.29, 1.82) is 0 Å². The van der Waals surface area contributed by atoms with Crippen LogP contribution in [0.2, 0.25) is 0 Å². The van der Waals surface area contributed by atoms with E-state index in [2.05, 4.69) is 62.4 Å². The monoisotopic (exact) mass is 327 g/mol. The minimum Gasteiger partial charge on any atom is -0.365 e. The molecular weight excluding hydrogens is 314 g/mol. The number of hydrogen-bond donors (Lipinski definition) is 1. The Morgan fingerprint density at radius 1 is 1.05 bits per heavy atom. The molecule has 0 radical (unpaired) electrons. The second-order valence-corrected chi connectivity index (χ2v) is 5.55. The Morgan fingerprint density at radius 2 is 1.85 bits per heavy atom. The molecule has 4 heteroatoms. The molecule has 0 bridgehead atoms. The van der Waals surface area contributed by atoms with Crippen LogP contribution in [-0.2, 0) is 6.54 Å². The molecule has 20 heavy (non-hydrogen) atoms. The third-order valence-electron chi connectivity index (χ3n) is 3.20. The number of nitrogens with one attached hydrogen (secondary N) is 1. The summed E-state index contributed by atoms with van der Waals surface area (Å²) >= 11 is 3.52. The van der Waals surface area contributed by atoms with E-state index in [9.17, 15) is 0 Å². The highest BCUT2D eigenvalue weighted by atomic mass is 79.9. The van der Waals surface area contributed by atoms with E-state index in [0.717, 1.165) is 27.7 Å². The summed E-state index contributed by atoms with van der Waals surface area (Å²) in [6.07, 6.45) is 1.59. The maximum atomic E-state index is 4.34. The Morgan fingerprint density at radius 3 is 2.65 bits per heavy atom. The van der Waals surface area contributed by atoms with E-state index in [1.165, 1.54) is 11.1 Å². The molecule has 0 aliphatic carbocycles. The highest BCUT2D eigenvalue weighted by Crippen LogP contribution is 2.25. The summed E-state index contributed by atoms with van der Waals surface area (Å²) in [5.41, 5.74) is 3.43. The van der Waals surface area contributed by atoms with E-state index >= 15 is 0 Å². The van der Waals surface area contributed by atoms with Crippen molar-refractivity contribution < 1.29 is 0 Å². The van der Waals surface area contributed by atoms with Crippen LogP contribution < -0.4 is 5.32 Å². The van der Waals surface area contributed by atoms with Crippen molar-refractivity contribution in [3.8, 4) is 0 Å². The lowest BCUT2D eigenvalue weighted by atomic mass is 10.1. The van der Waals surface area contributed by atoms with Gasteiger partial charge in [-0.25, -0.2) is 9.97 Å². The number of aryl methyl sites for hydroxylation is 1. The van der Waals surface area contributed by atoms with Crippen molar-refractivity contribution in [3.05, 3.63) is 64.4 Å². The molecule has 1 aromatic heterocycles. The van der Waals surface area contributed by atoms with Crippen LogP contribution in [0, 0.1) is 6.92 Å². The molecule has 3 aromatic rings. The van der Waals surface area contributed by atoms with Gasteiger partial charge in [-0.05, 0) is 40.5 Å². The van der Waals surface area contributed by atoms with E-state index < -0.39 is 0 Å². The molecule has 0 atom stereocenters. The summed E-state index contributed by atoms with van der Waals surface area (Å²) in [7, 11) is 0. The number of nitrogens with zero attached hydrogens (tertiary/aromatic N) is 2. The molecule has 0 saturated carbocycles. The molecule has 3 nitrogen and oxygen atoms in total. The van der Waals surface area contributed by atoms with E-state index in [-0.39, 0.29) is 0 Å². The maximum Gasteiger partial charge on any atom is 0.137 e. The third-order valence-corrected chi connectivity index (χ3v) is 3.84. The molecule has 2 aromatic carbocycles. The highest BCUT2D eigenvalue weighted by molar-refractivity contribution is 9.10. The van der Waals surface area contributed by atoms with Crippen molar-refractivity contribution in [3.63, 3.8) is 0 Å². The fraction of sp³-hybridized carbons (Fsp3) is 0.125. The van der Waals surface area contributed by atoms with Crippen LogP contribution in [0.4, 0.5) is 5.82 Å². The topological polar surface area (TPSA) is 37.8 Å². The van der Waals surface area contributed by atoms with Crippen LogP contribution in [0.5, 0.6) is 0 Å². The number of rotatable bonds is 3. The summed E-state index contributed by atoms with van der Waals surface area (Å²) in [6, 6.07) is 14.5. The van der Waals surface area contributed by atoms with Gasteiger partial charge in [0.05, 0.1) is 5.52 Å². The Kier molecular flexibility index (Phi) is 3.65. The number of anilines is 1. The van der Waals surface area contributed by atoms with Gasteiger partial charge in [0.15, 0.2) is 0 Å². The first-order chi connectivity index (χ1) is 9.74. The number of aromatic nitrogens is 2. The second-order valence-electron chi connectivity index (χ2n) is 4.70. The van der Waals surface area contributed by atoms with Crippen LogP contribution in [0.25, 0.3) is 10.9 Å². The predicted molar refractivity (Wildman–Crippen MR) is 85.7 cm³/mol. The Balaban J connectivity index is 1.88. The quantitative estimate of drug-likeness (QED) is 0.778. The van der Waals surface area contributed by atoms with Gasteiger partial charge < -0.3 is 5.32 Å². The molecule has 100 valence electrons. The van der Waals surface area contributed by atoms with Crippen molar-refractivity contribution >= 4 is 32.7 Å². The van der Waals surface area contributed by atoms with Crippen LogP contribution in [0.3, 0.4) is 0 Å². The molecule has 1 N–H and O–H groups in total. The van der Waals surface area contributed by atoms with Gasteiger partial charge in [-0.1, -0.05) is 35.9 Å². The molecule has 1 heterocycles. The molecule has 0 aliphatic rings. The first-order valence-electron chi connectivity index (χ1n) is 6.43. The molecule has 3 rings (SSSR count). The third kappa shape index (κ3) is 2.65. The average molecular weight is 328 g/mol. The van der Waals surface area contributed by atoms with Gasteiger partial charge in [0, 0.05) is 16.4 Å². The normalized spacial score (nSPS) is 10.7. The van der Waals surface area contributed by atoms with Crippen LogP contribution in [-0.4, -0.2) is 9.97 Å². The van der Waals surface area contributed by atoms with Crippen LogP contribution in [0.15, 0.2) is 53.3 Å². The van der Waals surface area contributed by atoms with E-state index in [4.69, 9.17) is 0 Å². The van der Waals surface area contributed by atoms with E-state index in [1.807, 2.05) is 18.2 Å². The Hall–Kier alpha value is -1.94. The first-order valence-corrected chi connectivity index (χ1v) is 7.22. The number of hydrogen-bond acceptors (Lipinski definition) is 3. The summed E-state index contributed by atoms with van der Waals surface area (Å²) in [4.78, 5) is 8.65. The zero-order chi connectivity index (χ0) is 13.9. The smallest absolute Gasteiger partial charge is 0.137 e. The molecule has 0 amide bonds. The molecule has 0 saturated heterocycles. The Bertz CT molecular complexity index is 738. The van der Waals surface area contributed by atoms with E-state index in [1.54, 1.807) is 6.33 Å². The lowest BCUT2D eigenvalue weighted by Crippen LogP contribution is -2.02. The van der Waals surface area contributed by atoms with Gasteiger partial charge in [0.2, 0.25) is 0 Å². The SMILES string of the molecule is Cc1ccc(CNc2ncnc3c(Br)cccc23)cc1. The van der Waals surface area contributed by atoms with Crippen molar-refractivity contribution in [2.24, 2.45) is 0 Å². The molecule has 0 aliphatic heterocycles. The van der Waals surface area contributed by atoms with Crippen LogP contribution >= 0.6 is 15.9 Å². The number of halogens is 1. The van der Waals surface area contributed by atoms with Gasteiger partial charge in [-0.15, -0.1) is 0 Å². The van der Waals surface area contributed by atoms with Crippen molar-refractivity contribution in [2.75, 3.05) is 5.32 Å². The molecular formula is C16H14BrN3. The predicted octanol–water partition coefficient (Wildman–Crippen LogP) is 4.31. The Labute approximate surface area is 126 Å². The summed E-state index contributed by atoms with van der Waals surface area (Å²) in [5, 5.41) is 4.40. The zero-order valence-electron chi connectivity index (χ0n) is 11.1. The lowest BCUT2D eigenvalue weighted by molar-refractivity contribution is 1.10. The van der Waals surface area contributed by atoms with E-state index in [0.29, 0.717) is 0 Å². The zero-order valence-corrected chi connectivity index (χ0v) is 12.7. The minimum absolute atomic E-state index is 0.749. The number of para-hydroxylation sites is 1. The molecule has 0 spiro atoms. The maximum absolute atomic E-state index is 4.34. The van der Waals surface area contributed by atoms with Crippen molar-refractivity contribution in [2.45, 2.75) is 13.5 Å². The van der Waals surface area contributed by atoms with Gasteiger partial charge in [-0.3, -0.25) is 0 Å². The van der Waals surface area contributed by atoms with Gasteiger partial charge in [-0.2, -0.15) is 0 Å². The highest BCUT2D eigenvalue weighted by Gasteiger charge is 2.05. The average Bonchev–Trinajstić information content (AvgIpc) is 2.47. The number of benzene rings is 2. The molecule has 0 fully saturated rings. The summed E-state index contributed by atoms with van der Waals surface area (Å²) in [6.45, 7) is 2.84. The first kappa shape index (κ1) is 13.1. The van der Waals surface area contributed by atoms with Gasteiger partial charge in [0.25, 0.3) is 0 Å².